The number of nitrogens with one attached hydrogen (secondary N) is 1. The van der Waals surface area contributed by atoms with Crippen LogP contribution in [0.4, 0.5) is 5.82 Å². The van der Waals surface area contributed by atoms with Gasteiger partial charge in [0.2, 0.25) is 0 Å². The average Bonchev–Trinajstić information content (AvgIpc) is 2.30. The molecule has 2 rings (SSSR count). The van der Waals surface area contributed by atoms with Gasteiger partial charge in [0.1, 0.15) is 0 Å². The minimum Gasteiger partial charge on any atom is -0.477 e. The van der Waals surface area contributed by atoms with E-state index in [9.17, 15) is 4.79 Å². The van der Waals surface area contributed by atoms with Crippen LogP contribution in [-0.2, 0) is 4.79 Å². The van der Waals surface area contributed by atoms with Gasteiger partial charge in [-0.05, 0) is 31.4 Å². The number of nitrogens with zero attached hydrogens (tertiary/aromatic N) is 1. The first-order chi connectivity index (χ1) is 7.81. The summed E-state index contributed by atoms with van der Waals surface area (Å²) in [5, 5.41) is 3.71. The molecule has 16 heavy (non-hydrogen) atoms. The van der Waals surface area contributed by atoms with Gasteiger partial charge in [0.25, 0.3) is 5.91 Å². The Bertz CT molecular complexity index is 384. The molecule has 4 nitrogen and oxygen atoms in total. The maximum atomic E-state index is 11.7. The van der Waals surface area contributed by atoms with Crippen LogP contribution in [0.5, 0.6) is 5.75 Å². The minimum absolute atomic E-state index is 0.0965. The van der Waals surface area contributed by atoms with Crippen molar-refractivity contribution in [1.29, 1.82) is 0 Å². The molecule has 0 radical (unpaired) electrons. The summed E-state index contributed by atoms with van der Waals surface area (Å²) >= 11 is 3.36. The molecule has 0 aliphatic carbocycles. The second kappa shape index (κ2) is 5.30. The van der Waals surface area contributed by atoms with E-state index in [-0.39, 0.29) is 12.0 Å². The van der Waals surface area contributed by atoms with E-state index in [1.54, 1.807) is 12.3 Å². The molecule has 2 heterocycles. The number of carbonyl (C=O) groups excluding carboxylic acids is 1. The number of anilines is 1. The van der Waals surface area contributed by atoms with Gasteiger partial charge in [0, 0.05) is 11.5 Å². The molecular weight excluding hydrogens is 272 g/mol. The zero-order valence-corrected chi connectivity index (χ0v) is 10.4. The number of hydrogen-bond donors (Lipinski definition) is 1. The van der Waals surface area contributed by atoms with Crippen molar-refractivity contribution in [3.05, 3.63) is 18.3 Å². The smallest absolute Gasteiger partial charge is 0.266 e. The topological polar surface area (TPSA) is 51.2 Å². The van der Waals surface area contributed by atoms with Crippen molar-refractivity contribution in [2.45, 2.75) is 25.4 Å². The van der Waals surface area contributed by atoms with Gasteiger partial charge in [-0.15, -0.1) is 0 Å². The third-order valence-electron chi connectivity index (χ3n) is 2.42. The number of aromatic nitrogens is 1. The predicted molar refractivity (Wildman–Crippen MR) is 64.9 cm³/mol. The number of alkyl halides is 1. The van der Waals surface area contributed by atoms with Crippen LogP contribution >= 0.6 is 15.9 Å². The number of pyridine rings is 1. The van der Waals surface area contributed by atoms with Crippen LogP contribution in [-0.4, -0.2) is 22.3 Å². The van der Waals surface area contributed by atoms with Crippen molar-refractivity contribution in [3.8, 4) is 5.75 Å². The molecule has 0 bridgehead atoms. The third kappa shape index (κ3) is 2.52. The zero-order chi connectivity index (χ0) is 11.4. The summed E-state index contributed by atoms with van der Waals surface area (Å²) in [6.07, 6.45) is 4.02. The van der Waals surface area contributed by atoms with Crippen molar-refractivity contribution in [1.82, 2.24) is 4.98 Å². The summed E-state index contributed by atoms with van der Waals surface area (Å²) in [7, 11) is 0. The lowest BCUT2D eigenvalue weighted by atomic mass is 10.1. The van der Waals surface area contributed by atoms with Crippen LogP contribution in [0.3, 0.4) is 0 Å². The Morgan fingerprint density at radius 3 is 3.19 bits per heavy atom. The second-order valence-electron chi connectivity index (χ2n) is 3.63. The van der Waals surface area contributed by atoms with E-state index < -0.39 is 0 Å². The maximum absolute atomic E-state index is 11.7. The summed E-state index contributed by atoms with van der Waals surface area (Å²) in [5.41, 5.74) is 0. The summed E-state index contributed by atoms with van der Waals surface area (Å²) in [6, 6.07) is 3.62. The Labute approximate surface area is 103 Å². The fourth-order valence-corrected chi connectivity index (χ4v) is 1.99. The molecular formula is C11H13BrN2O2. The molecule has 0 unspecified atom stereocenters. The molecule has 0 saturated heterocycles. The number of fused-ring (bicyclic) bond motifs is 1. The zero-order valence-electron chi connectivity index (χ0n) is 8.78. The molecule has 1 aliphatic rings. The van der Waals surface area contributed by atoms with E-state index in [0.717, 1.165) is 24.6 Å². The third-order valence-corrected chi connectivity index (χ3v) is 2.98. The molecule has 1 amide bonds. The van der Waals surface area contributed by atoms with Crippen LogP contribution < -0.4 is 10.1 Å². The van der Waals surface area contributed by atoms with Gasteiger partial charge in [0.15, 0.2) is 17.7 Å². The molecule has 5 heteroatoms. The monoisotopic (exact) mass is 284 g/mol. The highest BCUT2D eigenvalue weighted by Crippen LogP contribution is 2.27. The predicted octanol–water partition coefficient (Wildman–Crippen LogP) is 2.35. The second-order valence-corrected chi connectivity index (χ2v) is 4.42. The van der Waals surface area contributed by atoms with Crippen molar-refractivity contribution in [2.75, 3.05) is 10.6 Å². The lowest BCUT2D eigenvalue weighted by Crippen LogP contribution is -2.37. The minimum atomic E-state index is -0.379. The first-order valence-electron chi connectivity index (χ1n) is 5.30. The Kier molecular flexibility index (Phi) is 3.77. The fraction of sp³-hybridized carbons (Fsp3) is 0.455. The molecule has 1 aliphatic heterocycles. The summed E-state index contributed by atoms with van der Waals surface area (Å²) in [6.45, 7) is 0. The molecule has 86 valence electrons. The molecule has 0 aromatic carbocycles. The van der Waals surface area contributed by atoms with E-state index in [1.165, 1.54) is 0 Å². The van der Waals surface area contributed by atoms with Gasteiger partial charge in [-0.25, -0.2) is 4.98 Å². The molecule has 0 spiro atoms. The van der Waals surface area contributed by atoms with Crippen molar-refractivity contribution in [2.24, 2.45) is 0 Å². The number of amides is 1. The van der Waals surface area contributed by atoms with Crippen LogP contribution in [0.15, 0.2) is 18.3 Å². The van der Waals surface area contributed by atoms with E-state index in [2.05, 4.69) is 26.2 Å². The highest BCUT2D eigenvalue weighted by Gasteiger charge is 2.27. The van der Waals surface area contributed by atoms with Gasteiger partial charge in [-0.1, -0.05) is 15.9 Å². The number of unbranched alkanes of at least 4 members (excludes halogenated alkanes) is 1. The average molecular weight is 285 g/mol. The number of rotatable bonds is 4. The summed E-state index contributed by atoms with van der Waals surface area (Å²) in [5.74, 6) is 1.08. The standard InChI is InChI=1S/C11H13BrN2O2/c12-6-2-1-4-9-11(15)14-10-8(16-9)5-3-7-13-10/h3,5,7,9H,1-2,4,6H2,(H,13,14,15)/t9-/m0/s1. The fourth-order valence-electron chi connectivity index (χ4n) is 1.60. The lowest BCUT2D eigenvalue weighted by Gasteiger charge is -2.24. The van der Waals surface area contributed by atoms with E-state index >= 15 is 0 Å². The van der Waals surface area contributed by atoms with Gasteiger partial charge in [-0.3, -0.25) is 4.79 Å². The van der Waals surface area contributed by atoms with Gasteiger partial charge >= 0.3 is 0 Å². The largest absolute Gasteiger partial charge is 0.477 e. The van der Waals surface area contributed by atoms with Crippen molar-refractivity contribution in [3.63, 3.8) is 0 Å². The molecule has 0 fully saturated rings. The van der Waals surface area contributed by atoms with Gasteiger partial charge < -0.3 is 10.1 Å². The van der Waals surface area contributed by atoms with Crippen LogP contribution in [0, 0.1) is 0 Å². The lowest BCUT2D eigenvalue weighted by molar-refractivity contribution is -0.123. The quantitative estimate of drug-likeness (QED) is 0.682. The van der Waals surface area contributed by atoms with Crippen molar-refractivity contribution >= 4 is 27.7 Å². The molecule has 1 atom stereocenters. The molecule has 1 aromatic rings. The number of ether oxygens (including phenoxy) is 1. The Balaban J connectivity index is 2.01. The number of halogens is 1. The normalized spacial score (nSPS) is 18.6. The van der Waals surface area contributed by atoms with Gasteiger partial charge in [0.05, 0.1) is 0 Å². The number of carbonyl (C=O) groups is 1. The number of hydrogen-bond acceptors (Lipinski definition) is 3. The molecule has 0 saturated carbocycles. The van der Waals surface area contributed by atoms with Crippen molar-refractivity contribution < 1.29 is 9.53 Å². The first-order valence-corrected chi connectivity index (χ1v) is 6.42. The van der Waals surface area contributed by atoms with E-state index in [4.69, 9.17) is 4.74 Å². The maximum Gasteiger partial charge on any atom is 0.266 e. The Morgan fingerprint density at radius 1 is 1.50 bits per heavy atom. The molecule has 1 aromatic heterocycles. The molecule has 1 N–H and O–H groups in total. The summed E-state index contributed by atoms with van der Waals surface area (Å²) < 4.78 is 5.60. The highest BCUT2D eigenvalue weighted by molar-refractivity contribution is 9.09. The SMILES string of the molecule is O=C1Nc2ncccc2O[C@H]1CCCCBr. The Hall–Kier alpha value is -1.10. The highest BCUT2D eigenvalue weighted by atomic mass is 79.9. The first kappa shape index (κ1) is 11.4. The van der Waals surface area contributed by atoms with Gasteiger partial charge in [-0.2, -0.15) is 0 Å². The Morgan fingerprint density at radius 2 is 2.38 bits per heavy atom. The van der Waals surface area contributed by atoms with E-state index in [0.29, 0.717) is 11.6 Å². The van der Waals surface area contributed by atoms with Crippen LogP contribution in [0.2, 0.25) is 0 Å². The van der Waals surface area contributed by atoms with Crippen LogP contribution in [0.1, 0.15) is 19.3 Å². The van der Waals surface area contributed by atoms with E-state index in [1.807, 2.05) is 6.07 Å². The summed E-state index contributed by atoms with van der Waals surface area (Å²) in [4.78, 5) is 15.7. The van der Waals surface area contributed by atoms with Crippen LogP contribution in [0.25, 0.3) is 0 Å².